The maximum Gasteiger partial charge on any atom is 0.311 e. The van der Waals surface area contributed by atoms with Crippen molar-refractivity contribution in [2.24, 2.45) is 11.1 Å². The summed E-state index contributed by atoms with van der Waals surface area (Å²) in [6, 6.07) is 18.2. The Morgan fingerprint density at radius 3 is 2.25 bits per heavy atom. The zero-order valence-electron chi connectivity index (χ0n) is 14.2. The summed E-state index contributed by atoms with van der Waals surface area (Å²) in [5.41, 5.74) is 8.66. The minimum Gasteiger partial charge on any atom is -0.481 e. The first-order valence-electron chi connectivity index (χ1n) is 8.07. The summed E-state index contributed by atoms with van der Waals surface area (Å²) in [5.74, 6) is -0.876. The van der Waals surface area contributed by atoms with Gasteiger partial charge in [-0.3, -0.25) is 4.79 Å². The number of methoxy groups -OCH3 is 1. The summed E-state index contributed by atoms with van der Waals surface area (Å²) in [6.07, 6.45) is 1.01. The lowest BCUT2D eigenvalue weighted by Gasteiger charge is -2.27. The fraction of sp³-hybridized carbons (Fsp3) is 0.350. The largest absolute Gasteiger partial charge is 0.481 e. The second kappa shape index (κ2) is 8.08. The van der Waals surface area contributed by atoms with Crippen molar-refractivity contribution < 1.29 is 14.6 Å². The number of rotatable bonds is 8. The van der Waals surface area contributed by atoms with Crippen LogP contribution in [0.15, 0.2) is 54.6 Å². The number of hydrogen-bond acceptors (Lipinski definition) is 3. The van der Waals surface area contributed by atoms with E-state index in [4.69, 9.17) is 10.5 Å². The number of aliphatic carboxylic acids is 1. The molecule has 0 saturated heterocycles. The average Bonchev–Trinajstić information content (AvgIpc) is 2.56. The molecule has 0 unspecified atom stereocenters. The van der Waals surface area contributed by atoms with Crippen LogP contribution in [0.5, 0.6) is 0 Å². The van der Waals surface area contributed by atoms with Crippen molar-refractivity contribution >= 4 is 5.97 Å². The predicted molar refractivity (Wildman–Crippen MR) is 95.8 cm³/mol. The minimum atomic E-state index is -0.960. The van der Waals surface area contributed by atoms with Crippen LogP contribution in [0.25, 0.3) is 11.1 Å². The van der Waals surface area contributed by atoms with Gasteiger partial charge < -0.3 is 15.6 Å². The minimum absolute atomic E-state index is 0.156. The standard InChI is InChI=1S/C20H25NO3/c1-20(14-24-2,19(22)23)13-18(21)12-15-8-10-17(11-9-15)16-6-4-3-5-7-16/h3-11,18H,12-14,21H2,1-2H3,(H,22,23)/t18-,20+/m1/s1. The van der Waals surface area contributed by atoms with Crippen LogP contribution in [-0.2, 0) is 16.0 Å². The molecular formula is C20H25NO3. The van der Waals surface area contributed by atoms with Gasteiger partial charge in [0.1, 0.15) is 0 Å². The van der Waals surface area contributed by atoms with Crippen molar-refractivity contribution in [3.05, 3.63) is 60.2 Å². The van der Waals surface area contributed by atoms with Gasteiger partial charge in [-0.05, 0) is 36.5 Å². The smallest absolute Gasteiger partial charge is 0.311 e. The van der Waals surface area contributed by atoms with E-state index in [1.807, 2.05) is 18.2 Å². The molecule has 128 valence electrons. The number of ether oxygens (including phenoxy) is 1. The molecule has 0 amide bonds. The van der Waals surface area contributed by atoms with Gasteiger partial charge in [-0.15, -0.1) is 0 Å². The van der Waals surface area contributed by atoms with E-state index in [0.717, 1.165) is 11.1 Å². The van der Waals surface area contributed by atoms with Crippen molar-refractivity contribution in [3.63, 3.8) is 0 Å². The van der Waals surface area contributed by atoms with Crippen LogP contribution < -0.4 is 5.73 Å². The van der Waals surface area contributed by atoms with Gasteiger partial charge >= 0.3 is 5.97 Å². The van der Waals surface area contributed by atoms with E-state index in [1.54, 1.807) is 6.92 Å². The van der Waals surface area contributed by atoms with Gasteiger partial charge in [-0.2, -0.15) is 0 Å². The van der Waals surface area contributed by atoms with E-state index in [0.29, 0.717) is 12.8 Å². The Bertz CT molecular complexity index is 654. The third-order valence-electron chi connectivity index (χ3n) is 4.25. The highest BCUT2D eigenvalue weighted by atomic mass is 16.5. The molecule has 0 aliphatic heterocycles. The normalized spacial score (nSPS) is 14.8. The van der Waals surface area contributed by atoms with Crippen LogP contribution in [0.3, 0.4) is 0 Å². The quantitative estimate of drug-likeness (QED) is 0.780. The van der Waals surface area contributed by atoms with Crippen LogP contribution in [0, 0.1) is 5.41 Å². The molecule has 0 radical (unpaired) electrons. The molecule has 2 aromatic rings. The molecule has 4 heteroatoms. The molecule has 0 heterocycles. The summed E-state index contributed by atoms with van der Waals surface area (Å²) in [6.45, 7) is 1.83. The lowest BCUT2D eigenvalue weighted by Crippen LogP contribution is -2.39. The number of carbonyl (C=O) groups is 1. The van der Waals surface area contributed by atoms with Gasteiger partial charge in [0.15, 0.2) is 0 Å². The highest BCUT2D eigenvalue weighted by molar-refractivity contribution is 5.74. The number of benzene rings is 2. The van der Waals surface area contributed by atoms with Gasteiger partial charge in [0, 0.05) is 13.2 Å². The van der Waals surface area contributed by atoms with Crippen molar-refractivity contribution in [3.8, 4) is 11.1 Å². The van der Waals surface area contributed by atoms with Crippen LogP contribution >= 0.6 is 0 Å². The molecular weight excluding hydrogens is 302 g/mol. The Hall–Kier alpha value is -2.17. The van der Waals surface area contributed by atoms with E-state index in [1.165, 1.54) is 12.7 Å². The van der Waals surface area contributed by atoms with E-state index >= 15 is 0 Å². The molecule has 0 spiro atoms. The lowest BCUT2D eigenvalue weighted by molar-refractivity contribution is -0.151. The van der Waals surface area contributed by atoms with Gasteiger partial charge in [0.25, 0.3) is 0 Å². The Morgan fingerprint density at radius 2 is 1.71 bits per heavy atom. The van der Waals surface area contributed by atoms with Crippen LogP contribution in [0.2, 0.25) is 0 Å². The first kappa shape index (κ1) is 18.2. The SMILES string of the molecule is COC[C@](C)(C[C@H](N)Cc1ccc(-c2ccccc2)cc1)C(=O)O. The Labute approximate surface area is 143 Å². The highest BCUT2D eigenvalue weighted by Crippen LogP contribution is 2.25. The summed E-state index contributed by atoms with van der Waals surface area (Å²) >= 11 is 0. The van der Waals surface area contributed by atoms with E-state index in [9.17, 15) is 9.90 Å². The maximum atomic E-state index is 11.5. The Kier molecular flexibility index (Phi) is 6.12. The first-order valence-corrected chi connectivity index (χ1v) is 8.07. The third kappa shape index (κ3) is 4.66. The van der Waals surface area contributed by atoms with Crippen LogP contribution in [0.1, 0.15) is 18.9 Å². The molecule has 0 bridgehead atoms. The number of carboxylic acid groups (broad SMARTS) is 1. The molecule has 0 aromatic heterocycles. The molecule has 0 saturated carbocycles. The van der Waals surface area contributed by atoms with Gasteiger partial charge in [-0.1, -0.05) is 54.6 Å². The molecule has 2 rings (SSSR count). The average molecular weight is 327 g/mol. The Balaban J connectivity index is 2.01. The summed E-state index contributed by atoms with van der Waals surface area (Å²) in [7, 11) is 1.51. The fourth-order valence-corrected chi connectivity index (χ4v) is 2.94. The number of carboxylic acids is 1. The first-order chi connectivity index (χ1) is 11.4. The third-order valence-corrected chi connectivity index (χ3v) is 4.25. The van der Waals surface area contributed by atoms with Crippen molar-refractivity contribution in [1.82, 2.24) is 0 Å². The lowest BCUT2D eigenvalue weighted by atomic mass is 9.83. The Morgan fingerprint density at radius 1 is 1.12 bits per heavy atom. The van der Waals surface area contributed by atoms with Gasteiger partial charge in [0.2, 0.25) is 0 Å². The van der Waals surface area contributed by atoms with Crippen molar-refractivity contribution in [2.45, 2.75) is 25.8 Å². The topological polar surface area (TPSA) is 72.5 Å². The maximum absolute atomic E-state index is 11.5. The van der Waals surface area contributed by atoms with Gasteiger partial charge in [0.05, 0.1) is 12.0 Å². The van der Waals surface area contributed by atoms with E-state index < -0.39 is 11.4 Å². The fourth-order valence-electron chi connectivity index (χ4n) is 2.94. The molecule has 3 N–H and O–H groups in total. The van der Waals surface area contributed by atoms with E-state index in [2.05, 4.69) is 36.4 Å². The zero-order valence-corrected chi connectivity index (χ0v) is 14.2. The highest BCUT2D eigenvalue weighted by Gasteiger charge is 2.35. The summed E-state index contributed by atoms with van der Waals surface area (Å²) in [4.78, 5) is 11.5. The monoisotopic (exact) mass is 327 g/mol. The molecule has 2 aromatic carbocycles. The molecule has 0 fully saturated rings. The molecule has 0 aliphatic carbocycles. The van der Waals surface area contributed by atoms with E-state index in [-0.39, 0.29) is 12.6 Å². The predicted octanol–water partition coefficient (Wildman–Crippen LogP) is 3.35. The summed E-state index contributed by atoms with van der Waals surface area (Å²) in [5, 5.41) is 9.41. The van der Waals surface area contributed by atoms with Crippen molar-refractivity contribution in [2.75, 3.05) is 13.7 Å². The molecule has 2 atom stereocenters. The molecule has 0 aliphatic rings. The van der Waals surface area contributed by atoms with Crippen LogP contribution in [0.4, 0.5) is 0 Å². The van der Waals surface area contributed by atoms with Crippen molar-refractivity contribution in [1.29, 1.82) is 0 Å². The summed E-state index contributed by atoms with van der Waals surface area (Å²) < 4.78 is 5.05. The zero-order chi connectivity index (χ0) is 17.6. The van der Waals surface area contributed by atoms with Crippen LogP contribution in [-0.4, -0.2) is 30.8 Å². The molecule has 4 nitrogen and oxygen atoms in total. The second-order valence-electron chi connectivity index (χ2n) is 6.53. The number of hydrogen-bond donors (Lipinski definition) is 2. The molecule has 24 heavy (non-hydrogen) atoms. The second-order valence-corrected chi connectivity index (χ2v) is 6.53. The number of nitrogens with two attached hydrogens (primary N) is 1. The van der Waals surface area contributed by atoms with Gasteiger partial charge in [-0.25, -0.2) is 0 Å².